The van der Waals surface area contributed by atoms with Crippen LogP contribution in [0.25, 0.3) is 0 Å². The minimum atomic E-state index is -0.162. The molecule has 0 aliphatic heterocycles. The van der Waals surface area contributed by atoms with Gasteiger partial charge in [-0.15, -0.1) is 12.6 Å². The smallest absolute Gasteiger partial charge is 0.256 e. The molecule has 2 aromatic rings. The van der Waals surface area contributed by atoms with Crippen LogP contribution in [0.15, 0.2) is 35.5 Å². The van der Waals surface area contributed by atoms with Crippen LogP contribution >= 0.6 is 12.6 Å². The van der Waals surface area contributed by atoms with Crippen molar-refractivity contribution >= 4 is 24.2 Å². The second kappa shape index (κ2) is 6.58. The van der Waals surface area contributed by atoms with Gasteiger partial charge >= 0.3 is 0 Å². The van der Waals surface area contributed by atoms with Crippen molar-refractivity contribution in [3.05, 3.63) is 41.7 Å². The van der Waals surface area contributed by atoms with Crippen LogP contribution in [0.3, 0.4) is 0 Å². The molecule has 106 valence electrons. The molecule has 1 heterocycles. The highest BCUT2D eigenvalue weighted by molar-refractivity contribution is 7.80. The molecule has 1 N–H and O–H groups in total. The maximum absolute atomic E-state index is 12.2. The Kier molecular flexibility index (Phi) is 4.81. The highest BCUT2D eigenvalue weighted by Gasteiger charge is 2.10. The van der Waals surface area contributed by atoms with E-state index >= 15 is 0 Å². The first-order chi connectivity index (χ1) is 9.60. The van der Waals surface area contributed by atoms with Crippen molar-refractivity contribution in [2.75, 3.05) is 19.0 Å². The summed E-state index contributed by atoms with van der Waals surface area (Å²) in [4.78, 5) is 13.0. The van der Waals surface area contributed by atoms with Crippen molar-refractivity contribution in [3.8, 4) is 0 Å². The lowest BCUT2D eigenvalue weighted by molar-refractivity contribution is 0.102. The number of carbonyl (C=O) groups excluding carboxylic acids is 1. The Morgan fingerprint density at radius 3 is 3.05 bits per heavy atom. The molecule has 1 aromatic carbocycles. The van der Waals surface area contributed by atoms with Crippen molar-refractivity contribution in [1.29, 1.82) is 0 Å². The first-order valence-electron chi connectivity index (χ1n) is 6.22. The third-order valence-electron chi connectivity index (χ3n) is 2.88. The van der Waals surface area contributed by atoms with E-state index in [0.717, 1.165) is 10.5 Å². The van der Waals surface area contributed by atoms with Gasteiger partial charge in [0.25, 0.3) is 5.91 Å². The van der Waals surface area contributed by atoms with Crippen LogP contribution in [0.2, 0.25) is 0 Å². The van der Waals surface area contributed by atoms with Gasteiger partial charge in [-0.3, -0.25) is 9.48 Å². The van der Waals surface area contributed by atoms with Crippen molar-refractivity contribution in [2.45, 2.75) is 18.4 Å². The van der Waals surface area contributed by atoms with Crippen molar-refractivity contribution < 1.29 is 9.53 Å². The number of nitrogens with one attached hydrogen (secondary N) is 1. The number of amides is 1. The SMILES string of the molecule is COCCn1cc(NC(=O)c2cc(S)ccc2C)cn1. The normalized spacial score (nSPS) is 10.6. The van der Waals surface area contributed by atoms with Gasteiger partial charge < -0.3 is 10.1 Å². The van der Waals surface area contributed by atoms with Gasteiger partial charge in [0.05, 0.1) is 25.0 Å². The number of hydrogen-bond donors (Lipinski definition) is 2. The first-order valence-corrected chi connectivity index (χ1v) is 6.67. The zero-order chi connectivity index (χ0) is 14.5. The summed E-state index contributed by atoms with van der Waals surface area (Å²) in [6, 6.07) is 5.49. The summed E-state index contributed by atoms with van der Waals surface area (Å²) >= 11 is 4.25. The molecule has 0 spiro atoms. The largest absolute Gasteiger partial charge is 0.383 e. The number of nitrogens with zero attached hydrogens (tertiary/aromatic N) is 2. The molecule has 0 saturated heterocycles. The summed E-state index contributed by atoms with van der Waals surface area (Å²) in [6.45, 7) is 3.12. The van der Waals surface area contributed by atoms with E-state index in [1.807, 2.05) is 19.1 Å². The number of hydrogen-bond acceptors (Lipinski definition) is 4. The molecule has 1 amide bonds. The summed E-state index contributed by atoms with van der Waals surface area (Å²) in [5, 5.41) is 6.97. The lowest BCUT2D eigenvalue weighted by atomic mass is 10.1. The minimum Gasteiger partial charge on any atom is -0.383 e. The molecular formula is C14H17N3O2S. The van der Waals surface area contributed by atoms with Crippen LogP contribution in [0, 0.1) is 6.92 Å². The molecule has 0 fully saturated rings. The van der Waals surface area contributed by atoms with Crippen molar-refractivity contribution in [1.82, 2.24) is 9.78 Å². The van der Waals surface area contributed by atoms with Gasteiger partial charge in [0, 0.05) is 23.8 Å². The summed E-state index contributed by atoms with van der Waals surface area (Å²) in [6.07, 6.45) is 3.39. The maximum atomic E-state index is 12.2. The average Bonchev–Trinajstić information content (AvgIpc) is 2.86. The Labute approximate surface area is 123 Å². The molecular weight excluding hydrogens is 274 g/mol. The topological polar surface area (TPSA) is 56.1 Å². The summed E-state index contributed by atoms with van der Waals surface area (Å²) in [5.41, 5.74) is 2.18. The summed E-state index contributed by atoms with van der Waals surface area (Å²) in [7, 11) is 1.64. The number of anilines is 1. The number of benzene rings is 1. The van der Waals surface area contributed by atoms with Crippen LogP contribution in [-0.4, -0.2) is 29.4 Å². The molecule has 1 aromatic heterocycles. The number of ether oxygens (including phenoxy) is 1. The Morgan fingerprint density at radius 1 is 1.50 bits per heavy atom. The average molecular weight is 291 g/mol. The Hall–Kier alpha value is -1.79. The number of aryl methyl sites for hydroxylation is 1. The standard InChI is InChI=1S/C14H17N3O2S/c1-10-3-4-12(20)7-13(10)14(18)16-11-8-15-17(9-11)5-6-19-2/h3-4,7-9,20H,5-6H2,1-2H3,(H,16,18). The van der Waals surface area contributed by atoms with Gasteiger partial charge in [0.2, 0.25) is 0 Å². The van der Waals surface area contributed by atoms with E-state index < -0.39 is 0 Å². The number of methoxy groups -OCH3 is 1. The van der Waals surface area contributed by atoms with Crippen LogP contribution in [0.1, 0.15) is 15.9 Å². The predicted molar refractivity (Wildman–Crippen MR) is 80.5 cm³/mol. The molecule has 0 bridgehead atoms. The molecule has 0 radical (unpaired) electrons. The molecule has 0 atom stereocenters. The third-order valence-corrected chi connectivity index (χ3v) is 3.16. The lowest BCUT2D eigenvalue weighted by Gasteiger charge is -2.06. The number of thiol groups is 1. The van der Waals surface area contributed by atoms with E-state index in [2.05, 4.69) is 23.0 Å². The highest BCUT2D eigenvalue weighted by Crippen LogP contribution is 2.16. The highest BCUT2D eigenvalue weighted by atomic mass is 32.1. The summed E-state index contributed by atoms with van der Waals surface area (Å²) in [5.74, 6) is -0.162. The minimum absolute atomic E-state index is 0.162. The fourth-order valence-corrected chi connectivity index (χ4v) is 1.99. The fourth-order valence-electron chi connectivity index (χ4n) is 1.79. The number of carbonyl (C=O) groups is 1. The number of aromatic nitrogens is 2. The molecule has 0 unspecified atom stereocenters. The molecule has 0 aliphatic rings. The second-order valence-corrected chi connectivity index (χ2v) is 4.95. The first kappa shape index (κ1) is 14.6. The fraction of sp³-hybridized carbons (Fsp3) is 0.286. The Bertz CT molecular complexity index is 610. The zero-order valence-corrected chi connectivity index (χ0v) is 12.4. The van der Waals surface area contributed by atoms with Crippen LogP contribution in [-0.2, 0) is 11.3 Å². The van der Waals surface area contributed by atoms with Crippen molar-refractivity contribution in [3.63, 3.8) is 0 Å². The molecule has 6 heteroatoms. The third kappa shape index (κ3) is 3.61. The van der Waals surface area contributed by atoms with Crippen LogP contribution in [0.4, 0.5) is 5.69 Å². The van der Waals surface area contributed by atoms with Gasteiger partial charge in [-0.05, 0) is 24.6 Å². The van der Waals surface area contributed by atoms with Crippen molar-refractivity contribution in [2.24, 2.45) is 0 Å². The Morgan fingerprint density at radius 2 is 2.30 bits per heavy atom. The van der Waals surface area contributed by atoms with E-state index in [9.17, 15) is 4.79 Å². The monoisotopic (exact) mass is 291 g/mol. The molecule has 0 aliphatic carbocycles. The van der Waals surface area contributed by atoms with Crippen LogP contribution < -0.4 is 5.32 Å². The second-order valence-electron chi connectivity index (χ2n) is 4.44. The molecule has 2 rings (SSSR count). The van der Waals surface area contributed by atoms with Gasteiger partial charge in [-0.2, -0.15) is 5.10 Å². The molecule has 20 heavy (non-hydrogen) atoms. The quantitative estimate of drug-likeness (QED) is 0.832. The van der Waals surface area contributed by atoms with E-state index in [4.69, 9.17) is 4.74 Å². The summed E-state index contributed by atoms with van der Waals surface area (Å²) < 4.78 is 6.70. The van der Waals surface area contributed by atoms with Gasteiger partial charge in [0.1, 0.15) is 0 Å². The Balaban J connectivity index is 2.07. The lowest BCUT2D eigenvalue weighted by Crippen LogP contribution is -2.13. The van der Waals surface area contributed by atoms with Gasteiger partial charge in [-0.25, -0.2) is 0 Å². The zero-order valence-electron chi connectivity index (χ0n) is 11.5. The van der Waals surface area contributed by atoms with E-state index in [-0.39, 0.29) is 5.91 Å². The number of rotatable bonds is 5. The molecule has 5 nitrogen and oxygen atoms in total. The maximum Gasteiger partial charge on any atom is 0.256 e. The van der Waals surface area contributed by atoms with Crippen LogP contribution in [0.5, 0.6) is 0 Å². The van der Waals surface area contributed by atoms with E-state index in [1.165, 1.54) is 0 Å². The predicted octanol–water partition coefficient (Wildman–Crippen LogP) is 2.38. The van der Waals surface area contributed by atoms with Gasteiger partial charge in [0.15, 0.2) is 0 Å². The van der Waals surface area contributed by atoms with Gasteiger partial charge in [-0.1, -0.05) is 6.07 Å². The van der Waals surface area contributed by atoms with E-state index in [0.29, 0.717) is 24.4 Å². The van der Waals surface area contributed by atoms with E-state index in [1.54, 1.807) is 30.3 Å². The molecule has 0 saturated carbocycles.